The van der Waals surface area contributed by atoms with E-state index in [2.05, 4.69) is 39.3 Å². The van der Waals surface area contributed by atoms with Gasteiger partial charge in [-0.3, -0.25) is 4.98 Å². The third-order valence-corrected chi connectivity index (χ3v) is 7.77. The van der Waals surface area contributed by atoms with Crippen LogP contribution >= 0.6 is 0 Å². The molecule has 4 aromatic rings. The van der Waals surface area contributed by atoms with Crippen molar-refractivity contribution in [1.82, 2.24) is 30.5 Å². The fourth-order valence-corrected chi connectivity index (χ4v) is 5.45. The minimum Gasteiger partial charge on any atom is -0.443 e. The zero-order valence-corrected chi connectivity index (χ0v) is 22.3. The van der Waals surface area contributed by atoms with Crippen LogP contribution < -0.4 is 5.32 Å². The minimum atomic E-state index is -4.34. The molecule has 12 heteroatoms. The molecule has 210 valence electrons. The van der Waals surface area contributed by atoms with Crippen molar-refractivity contribution in [3.63, 3.8) is 0 Å². The normalized spacial score (nSPS) is 20.4. The first-order chi connectivity index (χ1) is 18.8. The molecule has 1 aliphatic rings. The number of fused-ring (bicyclic) bond motifs is 1. The highest BCUT2D eigenvalue weighted by atomic mass is 19.4. The van der Waals surface area contributed by atoms with Crippen LogP contribution in [-0.4, -0.2) is 37.9 Å². The van der Waals surface area contributed by atoms with Crippen molar-refractivity contribution in [1.29, 1.82) is 0 Å². The number of benzene rings is 1. The summed E-state index contributed by atoms with van der Waals surface area (Å²) >= 11 is 0. The zero-order valence-electron chi connectivity index (χ0n) is 22.3. The Balaban J connectivity index is 1.53. The molecule has 40 heavy (non-hydrogen) atoms. The lowest BCUT2D eigenvalue weighted by molar-refractivity contribution is -0.125. The maximum absolute atomic E-state index is 14.5. The lowest BCUT2D eigenvalue weighted by atomic mass is 9.54. The standard InChI is InChI=1S/C28H27F5N6O/c1-15-9-26(2,3)27(4,24-17(15)8-20(38-39-24)23-18(29)6-5-7-19(23)30)22-12-34-11-21(37-22)25-36-16(13-40-25)10-35-14-28(31,32)33/h5-8,11-13,15,35H,9-10,14H2,1-4H3/t15-,27+/m1/s1. The van der Waals surface area contributed by atoms with Gasteiger partial charge < -0.3 is 9.73 Å². The molecule has 7 nitrogen and oxygen atoms in total. The molecule has 3 aromatic heterocycles. The smallest absolute Gasteiger partial charge is 0.401 e. The summed E-state index contributed by atoms with van der Waals surface area (Å²) in [4.78, 5) is 13.4. The van der Waals surface area contributed by atoms with Crippen molar-refractivity contribution in [2.75, 3.05) is 6.54 Å². The molecule has 1 N–H and O–H groups in total. The quantitative estimate of drug-likeness (QED) is 0.276. The summed E-state index contributed by atoms with van der Waals surface area (Å²) in [7, 11) is 0. The van der Waals surface area contributed by atoms with Crippen LogP contribution in [0.1, 0.15) is 62.7 Å². The number of alkyl halides is 3. The van der Waals surface area contributed by atoms with Crippen LogP contribution in [0.5, 0.6) is 0 Å². The molecule has 1 aromatic carbocycles. The zero-order chi connectivity index (χ0) is 28.9. The van der Waals surface area contributed by atoms with E-state index in [9.17, 15) is 22.0 Å². The van der Waals surface area contributed by atoms with Crippen LogP contribution in [0.2, 0.25) is 0 Å². The molecule has 0 unspecified atom stereocenters. The van der Waals surface area contributed by atoms with Crippen LogP contribution in [0.3, 0.4) is 0 Å². The van der Waals surface area contributed by atoms with Gasteiger partial charge in [0.15, 0.2) is 0 Å². The maximum atomic E-state index is 14.5. The Hall–Kier alpha value is -3.80. The van der Waals surface area contributed by atoms with Crippen molar-refractivity contribution in [2.45, 2.75) is 58.2 Å². The Kier molecular flexibility index (Phi) is 6.93. The second-order valence-corrected chi connectivity index (χ2v) is 10.9. The molecule has 1 aliphatic carbocycles. The third kappa shape index (κ3) is 4.96. The van der Waals surface area contributed by atoms with Crippen molar-refractivity contribution >= 4 is 0 Å². The van der Waals surface area contributed by atoms with E-state index in [0.29, 0.717) is 23.5 Å². The number of halogens is 5. The number of nitrogens with one attached hydrogen (secondary N) is 1. The lowest BCUT2D eigenvalue weighted by Gasteiger charge is -2.49. The van der Waals surface area contributed by atoms with E-state index in [1.54, 1.807) is 12.3 Å². The fourth-order valence-electron chi connectivity index (χ4n) is 5.45. The lowest BCUT2D eigenvalue weighted by Crippen LogP contribution is -2.47. The van der Waals surface area contributed by atoms with Gasteiger partial charge in [-0.2, -0.15) is 18.3 Å². The molecule has 0 radical (unpaired) electrons. The first-order valence-corrected chi connectivity index (χ1v) is 12.7. The van der Waals surface area contributed by atoms with Gasteiger partial charge in [0.25, 0.3) is 0 Å². The topological polar surface area (TPSA) is 89.6 Å². The molecule has 5 rings (SSSR count). The van der Waals surface area contributed by atoms with Gasteiger partial charge in [-0.15, -0.1) is 5.10 Å². The minimum absolute atomic E-state index is 0.0109. The van der Waals surface area contributed by atoms with E-state index in [-0.39, 0.29) is 35.3 Å². The summed E-state index contributed by atoms with van der Waals surface area (Å²) in [6.45, 7) is 6.90. The molecule has 0 bridgehead atoms. The first kappa shape index (κ1) is 27.8. The monoisotopic (exact) mass is 558 g/mol. The Morgan fingerprint density at radius 1 is 1.02 bits per heavy atom. The molecule has 2 atom stereocenters. The van der Waals surface area contributed by atoms with Gasteiger partial charge >= 0.3 is 6.18 Å². The van der Waals surface area contributed by atoms with E-state index >= 15 is 0 Å². The number of aromatic nitrogens is 5. The van der Waals surface area contributed by atoms with Gasteiger partial charge in [0.05, 0.1) is 46.5 Å². The Morgan fingerprint density at radius 2 is 1.75 bits per heavy atom. The van der Waals surface area contributed by atoms with Gasteiger partial charge in [-0.05, 0) is 48.4 Å². The Morgan fingerprint density at radius 3 is 2.45 bits per heavy atom. The summed E-state index contributed by atoms with van der Waals surface area (Å²) in [5, 5.41) is 11.0. The third-order valence-electron chi connectivity index (χ3n) is 7.77. The SMILES string of the molecule is C[C@@H]1CC(C)(C)[C@@](C)(c2cncc(-c3nc(CNCC(F)(F)F)co3)n2)c2nnc(-c3c(F)cccc3F)cc21. The summed E-state index contributed by atoms with van der Waals surface area (Å²) in [6, 6.07) is 5.34. The second-order valence-electron chi connectivity index (χ2n) is 10.9. The summed E-state index contributed by atoms with van der Waals surface area (Å²) in [6.07, 6.45) is 0.717. The van der Waals surface area contributed by atoms with Crippen molar-refractivity contribution in [2.24, 2.45) is 5.41 Å². The average Bonchev–Trinajstić information content (AvgIpc) is 3.35. The molecule has 0 saturated heterocycles. The van der Waals surface area contributed by atoms with Gasteiger partial charge in [0.1, 0.15) is 23.6 Å². The Bertz CT molecular complexity index is 1530. The number of rotatable bonds is 6. The molecule has 0 aliphatic heterocycles. The highest BCUT2D eigenvalue weighted by Gasteiger charge is 2.52. The van der Waals surface area contributed by atoms with E-state index in [4.69, 9.17) is 9.40 Å². The fraction of sp³-hybridized carbons (Fsp3) is 0.393. The van der Waals surface area contributed by atoms with E-state index in [1.165, 1.54) is 30.7 Å². The second kappa shape index (κ2) is 9.99. The molecule has 0 fully saturated rings. The highest BCUT2D eigenvalue weighted by molar-refractivity contribution is 5.62. The van der Waals surface area contributed by atoms with Crippen LogP contribution in [-0.2, 0) is 12.0 Å². The largest absolute Gasteiger partial charge is 0.443 e. The van der Waals surface area contributed by atoms with Gasteiger partial charge in [-0.25, -0.2) is 18.7 Å². The molecule has 0 amide bonds. The number of oxazole rings is 1. The van der Waals surface area contributed by atoms with Crippen molar-refractivity contribution in [3.8, 4) is 22.8 Å². The summed E-state index contributed by atoms with van der Waals surface area (Å²) in [5.74, 6) is -1.33. The predicted molar refractivity (Wildman–Crippen MR) is 136 cm³/mol. The first-order valence-electron chi connectivity index (χ1n) is 12.7. The van der Waals surface area contributed by atoms with E-state index in [1.807, 2.05) is 13.8 Å². The van der Waals surface area contributed by atoms with Gasteiger partial charge in [-0.1, -0.05) is 26.8 Å². The molecule has 0 spiro atoms. The number of hydrogen-bond acceptors (Lipinski definition) is 7. The van der Waals surface area contributed by atoms with E-state index in [0.717, 1.165) is 5.56 Å². The van der Waals surface area contributed by atoms with Crippen LogP contribution in [0, 0.1) is 17.0 Å². The van der Waals surface area contributed by atoms with Crippen molar-refractivity contribution < 1.29 is 26.4 Å². The molecule has 3 heterocycles. The molecular weight excluding hydrogens is 531 g/mol. The van der Waals surface area contributed by atoms with Crippen LogP contribution in [0.4, 0.5) is 22.0 Å². The molecular formula is C28H27F5N6O. The molecule has 0 saturated carbocycles. The summed E-state index contributed by atoms with van der Waals surface area (Å²) in [5.41, 5.74) is 1.22. The van der Waals surface area contributed by atoms with Gasteiger partial charge in [0, 0.05) is 12.7 Å². The predicted octanol–water partition coefficient (Wildman–Crippen LogP) is 6.36. The van der Waals surface area contributed by atoms with Crippen molar-refractivity contribution in [3.05, 3.63) is 77.2 Å². The average molecular weight is 559 g/mol. The Labute approximate surface area is 227 Å². The highest BCUT2D eigenvalue weighted by Crippen LogP contribution is 2.56. The van der Waals surface area contributed by atoms with Crippen LogP contribution in [0.15, 0.2) is 47.3 Å². The maximum Gasteiger partial charge on any atom is 0.401 e. The summed E-state index contributed by atoms with van der Waals surface area (Å²) < 4.78 is 71.9. The number of hydrogen-bond donors (Lipinski definition) is 1. The van der Waals surface area contributed by atoms with Crippen LogP contribution in [0.25, 0.3) is 22.8 Å². The van der Waals surface area contributed by atoms with E-state index < -0.39 is 35.2 Å². The van der Waals surface area contributed by atoms with Gasteiger partial charge in [0.2, 0.25) is 5.89 Å². The number of nitrogens with zero attached hydrogens (tertiary/aromatic N) is 5.